The van der Waals surface area contributed by atoms with E-state index in [0.29, 0.717) is 6.04 Å². The smallest absolute Gasteiger partial charge is 0.0396 e. The lowest BCUT2D eigenvalue weighted by Crippen LogP contribution is -2.23. The summed E-state index contributed by atoms with van der Waals surface area (Å²) < 4.78 is 2.00. The maximum Gasteiger partial charge on any atom is 0.0396 e. The fraction of sp³-hybridized carbons (Fsp3) is 0.556. The van der Waals surface area contributed by atoms with Crippen molar-refractivity contribution < 1.29 is 0 Å². The summed E-state index contributed by atoms with van der Waals surface area (Å²) in [6.45, 7) is 4.40. The molecule has 0 saturated heterocycles. The van der Waals surface area contributed by atoms with E-state index in [2.05, 4.69) is 19.3 Å². The third-order valence-corrected chi connectivity index (χ3v) is 1.70. The molecule has 0 aromatic carbocycles. The van der Waals surface area contributed by atoms with Crippen molar-refractivity contribution in [3.63, 3.8) is 0 Å². The van der Waals surface area contributed by atoms with Crippen LogP contribution in [0.3, 0.4) is 0 Å². The first kappa shape index (κ1) is 8.18. The van der Waals surface area contributed by atoms with Crippen LogP contribution in [0, 0.1) is 0 Å². The second-order valence-corrected chi connectivity index (χ2v) is 2.91. The van der Waals surface area contributed by atoms with Gasteiger partial charge in [0, 0.05) is 18.4 Å². The fourth-order valence-electron chi connectivity index (χ4n) is 1.17. The molecule has 0 radical (unpaired) electrons. The highest BCUT2D eigenvalue weighted by Crippen LogP contribution is 1.97. The summed E-state index contributed by atoms with van der Waals surface area (Å²) >= 11 is 0. The second-order valence-electron chi connectivity index (χ2n) is 2.91. The van der Waals surface area contributed by atoms with Gasteiger partial charge in [0.15, 0.2) is 0 Å². The molecule has 2 heteroatoms. The molecule has 0 saturated carbocycles. The van der Waals surface area contributed by atoms with Crippen LogP contribution in [0.25, 0.3) is 0 Å². The minimum Gasteiger partial charge on any atom is -0.324 e. The topological polar surface area (TPSA) is 17.0 Å². The first-order valence-electron chi connectivity index (χ1n) is 4.22. The Morgan fingerprint density at radius 2 is 2.00 bits per heavy atom. The van der Waals surface area contributed by atoms with Gasteiger partial charge in [0.25, 0.3) is 0 Å². The highest BCUT2D eigenvalue weighted by Gasteiger charge is 1.97. The maximum absolute atomic E-state index is 3.34. The standard InChI is InChI=1S/C9H16N2/c1-3-6-9(2)10-11-7-4-5-8-11/h4-5,7-10H,3,6H2,1-2H3. The summed E-state index contributed by atoms with van der Waals surface area (Å²) in [7, 11) is 0. The summed E-state index contributed by atoms with van der Waals surface area (Å²) in [4.78, 5) is 0. The molecule has 1 unspecified atom stereocenters. The highest BCUT2D eigenvalue weighted by atomic mass is 15.4. The van der Waals surface area contributed by atoms with E-state index in [1.165, 1.54) is 12.8 Å². The average Bonchev–Trinajstić information content (AvgIpc) is 2.40. The molecule has 1 aromatic rings. The molecule has 0 fully saturated rings. The Balaban J connectivity index is 2.31. The molecule has 2 nitrogen and oxygen atoms in total. The molecule has 0 spiro atoms. The van der Waals surface area contributed by atoms with Crippen molar-refractivity contribution in [3.05, 3.63) is 24.5 Å². The van der Waals surface area contributed by atoms with Gasteiger partial charge in [0.1, 0.15) is 0 Å². The Morgan fingerprint density at radius 3 is 2.55 bits per heavy atom. The van der Waals surface area contributed by atoms with Gasteiger partial charge in [-0.1, -0.05) is 13.3 Å². The van der Waals surface area contributed by atoms with E-state index in [9.17, 15) is 0 Å². The normalized spacial score (nSPS) is 12.9. The number of rotatable bonds is 4. The van der Waals surface area contributed by atoms with Crippen molar-refractivity contribution >= 4 is 0 Å². The molecule has 0 aliphatic rings. The van der Waals surface area contributed by atoms with Crippen LogP contribution in [0.5, 0.6) is 0 Å². The summed E-state index contributed by atoms with van der Waals surface area (Å²) in [6, 6.07) is 4.60. The van der Waals surface area contributed by atoms with Gasteiger partial charge in [-0.3, -0.25) is 4.68 Å². The van der Waals surface area contributed by atoms with E-state index in [1.54, 1.807) is 0 Å². The van der Waals surface area contributed by atoms with Crippen LogP contribution in [0.15, 0.2) is 24.5 Å². The van der Waals surface area contributed by atoms with Crippen LogP contribution in [-0.2, 0) is 0 Å². The minimum atomic E-state index is 0.562. The Labute approximate surface area is 68.2 Å². The van der Waals surface area contributed by atoms with E-state index in [4.69, 9.17) is 0 Å². The van der Waals surface area contributed by atoms with Crippen LogP contribution >= 0.6 is 0 Å². The first-order valence-corrected chi connectivity index (χ1v) is 4.22. The number of hydrogen-bond donors (Lipinski definition) is 1. The SMILES string of the molecule is CCCC(C)Nn1cccc1. The molecule has 1 rings (SSSR count). The van der Waals surface area contributed by atoms with Gasteiger partial charge in [-0.2, -0.15) is 0 Å². The zero-order valence-electron chi connectivity index (χ0n) is 7.25. The van der Waals surface area contributed by atoms with Gasteiger partial charge >= 0.3 is 0 Å². The van der Waals surface area contributed by atoms with Gasteiger partial charge < -0.3 is 5.43 Å². The van der Waals surface area contributed by atoms with Crippen molar-refractivity contribution in [3.8, 4) is 0 Å². The molecule has 0 aliphatic heterocycles. The number of hydrogen-bond acceptors (Lipinski definition) is 1. The Kier molecular flexibility index (Phi) is 3.02. The van der Waals surface area contributed by atoms with Crippen LogP contribution < -0.4 is 5.43 Å². The molecule has 0 bridgehead atoms. The van der Waals surface area contributed by atoms with Gasteiger partial charge in [-0.05, 0) is 25.5 Å². The number of nitrogens with zero attached hydrogens (tertiary/aromatic N) is 1. The lowest BCUT2D eigenvalue weighted by Gasteiger charge is -2.14. The van der Waals surface area contributed by atoms with Gasteiger partial charge in [-0.25, -0.2) is 0 Å². The molecule has 1 N–H and O–H groups in total. The van der Waals surface area contributed by atoms with Crippen molar-refractivity contribution in [1.29, 1.82) is 0 Å². The Morgan fingerprint density at radius 1 is 1.36 bits per heavy atom. The summed E-state index contributed by atoms with van der Waals surface area (Å²) in [5, 5.41) is 0. The number of aromatic nitrogens is 1. The van der Waals surface area contributed by atoms with Crippen molar-refractivity contribution in [1.82, 2.24) is 4.68 Å². The molecule has 1 heterocycles. The van der Waals surface area contributed by atoms with Crippen molar-refractivity contribution in [2.45, 2.75) is 32.7 Å². The van der Waals surface area contributed by atoms with Gasteiger partial charge in [0.05, 0.1) is 0 Å². The van der Waals surface area contributed by atoms with Crippen LogP contribution in [0.2, 0.25) is 0 Å². The van der Waals surface area contributed by atoms with E-state index in [0.717, 1.165) is 0 Å². The summed E-state index contributed by atoms with van der Waals surface area (Å²) in [5.41, 5.74) is 3.34. The third kappa shape index (κ3) is 2.66. The Hall–Kier alpha value is -0.920. The molecule has 62 valence electrons. The zero-order valence-corrected chi connectivity index (χ0v) is 7.25. The second kappa shape index (κ2) is 4.06. The van der Waals surface area contributed by atoms with Crippen molar-refractivity contribution in [2.75, 3.05) is 5.43 Å². The molecule has 1 aromatic heterocycles. The number of nitrogens with one attached hydrogen (secondary N) is 1. The third-order valence-electron chi connectivity index (χ3n) is 1.70. The lowest BCUT2D eigenvalue weighted by molar-refractivity contribution is 0.623. The van der Waals surface area contributed by atoms with E-state index in [1.807, 2.05) is 29.2 Å². The summed E-state index contributed by atoms with van der Waals surface area (Å²) in [6.07, 6.45) is 6.49. The Bertz CT molecular complexity index is 179. The molecule has 0 amide bonds. The predicted octanol–water partition coefficient (Wildman–Crippen LogP) is 2.22. The quantitative estimate of drug-likeness (QED) is 0.700. The van der Waals surface area contributed by atoms with Crippen LogP contribution in [-0.4, -0.2) is 10.7 Å². The average molecular weight is 152 g/mol. The fourth-order valence-corrected chi connectivity index (χ4v) is 1.17. The highest BCUT2D eigenvalue weighted by molar-refractivity contribution is 4.94. The molecule has 1 atom stereocenters. The zero-order chi connectivity index (χ0) is 8.10. The molecule has 11 heavy (non-hydrogen) atoms. The molecule has 0 aliphatic carbocycles. The maximum atomic E-state index is 3.34. The predicted molar refractivity (Wildman–Crippen MR) is 48.2 cm³/mol. The molecular weight excluding hydrogens is 136 g/mol. The van der Waals surface area contributed by atoms with Gasteiger partial charge in [0.2, 0.25) is 0 Å². The van der Waals surface area contributed by atoms with Crippen LogP contribution in [0.4, 0.5) is 0 Å². The molecular formula is C9H16N2. The van der Waals surface area contributed by atoms with Gasteiger partial charge in [-0.15, -0.1) is 0 Å². The first-order chi connectivity index (χ1) is 5.33. The van der Waals surface area contributed by atoms with E-state index < -0.39 is 0 Å². The monoisotopic (exact) mass is 152 g/mol. The van der Waals surface area contributed by atoms with E-state index in [-0.39, 0.29) is 0 Å². The van der Waals surface area contributed by atoms with Crippen molar-refractivity contribution in [2.24, 2.45) is 0 Å². The van der Waals surface area contributed by atoms with Crippen LogP contribution in [0.1, 0.15) is 26.7 Å². The lowest BCUT2D eigenvalue weighted by atomic mass is 10.2. The largest absolute Gasteiger partial charge is 0.324 e. The summed E-state index contributed by atoms with van der Waals surface area (Å²) in [5.74, 6) is 0. The minimum absolute atomic E-state index is 0.562. The van der Waals surface area contributed by atoms with E-state index >= 15 is 0 Å².